The summed E-state index contributed by atoms with van der Waals surface area (Å²) < 4.78 is 0. The largest absolute Gasteiger partial charge is 0.384 e. The van der Waals surface area contributed by atoms with Crippen LogP contribution in [0, 0.1) is 5.41 Å². The predicted molar refractivity (Wildman–Crippen MR) is 81.4 cm³/mol. The molecule has 0 saturated heterocycles. The van der Waals surface area contributed by atoms with Crippen LogP contribution in [0.4, 0.5) is 0 Å². The van der Waals surface area contributed by atoms with Crippen LogP contribution in [0.15, 0.2) is 24.3 Å². The normalized spacial score (nSPS) is 10.8. The van der Waals surface area contributed by atoms with Crippen LogP contribution in [0.5, 0.6) is 0 Å². The molecular formula is C14H23N3S. The molecule has 0 unspecified atom stereocenters. The molecular weight excluding hydrogens is 242 g/mol. The molecule has 4 heteroatoms. The zero-order chi connectivity index (χ0) is 13.4. The molecule has 0 saturated carbocycles. The van der Waals surface area contributed by atoms with Gasteiger partial charge in [0.25, 0.3) is 0 Å². The molecule has 1 rings (SSSR count). The third kappa shape index (κ3) is 5.56. The van der Waals surface area contributed by atoms with Crippen LogP contribution in [0.3, 0.4) is 0 Å². The quantitative estimate of drug-likeness (QED) is 0.431. The van der Waals surface area contributed by atoms with Crippen molar-refractivity contribution in [2.24, 2.45) is 5.73 Å². The Morgan fingerprint density at radius 2 is 2.22 bits per heavy atom. The first-order chi connectivity index (χ1) is 8.63. The number of amidine groups is 1. The maximum absolute atomic E-state index is 7.43. The summed E-state index contributed by atoms with van der Waals surface area (Å²) in [5.74, 6) is 2.57. The molecule has 0 aliphatic carbocycles. The number of thioether (sulfide) groups is 1. The van der Waals surface area contributed by atoms with Gasteiger partial charge in [-0.05, 0) is 43.1 Å². The van der Waals surface area contributed by atoms with Gasteiger partial charge in [-0.2, -0.15) is 11.8 Å². The monoisotopic (exact) mass is 265 g/mol. The fourth-order valence-electron chi connectivity index (χ4n) is 1.81. The molecule has 0 amide bonds. The standard InChI is InChI=1S/C14H23N3S/c1-3-18-9-5-8-17(2)11-12-6-4-7-13(10-12)14(15)16/h4,6-7,10H,3,5,8-9,11H2,1-2H3,(H3,15,16). The summed E-state index contributed by atoms with van der Waals surface area (Å²) in [5.41, 5.74) is 7.52. The van der Waals surface area contributed by atoms with Gasteiger partial charge in [0, 0.05) is 12.1 Å². The van der Waals surface area contributed by atoms with Crippen LogP contribution in [0.25, 0.3) is 0 Å². The molecule has 0 spiro atoms. The fraction of sp³-hybridized carbons (Fsp3) is 0.500. The van der Waals surface area contributed by atoms with Crippen molar-refractivity contribution < 1.29 is 0 Å². The molecule has 3 N–H and O–H groups in total. The van der Waals surface area contributed by atoms with Gasteiger partial charge in [0.2, 0.25) is 0 Å². The Bertz CT molecular complexity index is 379. The van der Waals surface area contributed by atoms with E-state index in [2.05, 4.69) is 24.9 Å². The number of rotatable bonds is 8. The minimum atomic E-state index is 0.138. The minimum absolute atomic E-state index is 0.138. The Labute approximate surface area is 114 Å². The molecule has 0 bridgehead atoms. The van der Waals surface area contributed by atoms with E-state index in [0.717, 1.165) is 18.7 Å². The third-order valence-corrected chi connectivity index (χ3v) is 3.71. The number of hydrogen-bond donors (Lipinski definition) is 2. The van der Waals surface area contributed by atoms with Crippen molar-refractivity contribution in [3.8, 4) is 0 Å². The van der Waals surface area contributed by atoms with Crippen molar-refractivity contribution in [1.29, 1.82) is 5.41 Å². The second-order valence-corrected chi connectivity index (χ2v) is 5.80. The molecule has 0 heterocycles. The molecule has 0 aliphatic heterocycles. The van der Waals surface area contributed by atoms with Crippen molar-refractivity contribution in [3.63, 3.8) is 0 Å². The van der Waals surface area contributed by atoms with Gasteiger partial charge in [-0.25, -0.2) is 0 Å². The summed E-state index contributed by atoms with van der Waals surface area (Å²) in [4.78, 5) is 2.31. The smallest absolute Gasteiger partial charge is 0.122 e. The van der Waals surface area contributed by atoms with Crippen molar-refractivity contribution in [2.45, 2.75) is 19.9 Å². The molecule has 100 valence electrons. The SMILES string of the molecule is CCSCCCN(C)Cc1cccc(C(=N)N)c1. The van der Waals surface area contributed by atoms with Crippen LogP contribution in [-0.2, 0) is 6.54 Å². The molecule has 0 fully saturated rings. The van der Waals surface area contributed by atoms with E-state index >= 15 is 0 Å². The maximum Gasteiger partial charge on any atom is 0.122 e. The molecule has 0 aromatic heterocycles. The maximum atomic E-state index is 7.43. The first-order valence-corrected chi connectivity index (χ1v) is 7.48. The predicted octanol–water partition coefficient (Wildman–Crippen LogP) is 2.55. The summed E-state index contributed by atoms with van der Waals surface area (Å²) >= 11 is 1.99. The van der Waals surface area contributed by atoms with E-state index in [-0.39, 0.29) is 5.84 Å². The van der Waals surface area contributed by atoms with Gasteiger partial charge in [-0.15, -0.1) is 0 Å². The highest BCUT2D eigenvalue weighted by Crippen LogP contribution is 2.08. The van der Waals surface area contributed by atoms with Crippen LogP contribution in [-0.4, -0.2) is 35.8 Å². The van der Waals surface area contributed by atoms with Gasteiger partial charge in [0.15, 0.2) is 0 Å². The molecule has 0 aliphatic rings. The second-order valence-electron chi connectivity index (χ2n) is 4.40. The summed E-state index contributed by atoms with van der Waals surface area (Å²) in [5, 5.41) is 7.43. The average Bonchev–Trinajstić information content (AvgIpc) is 2.35. The second kappa shape index (κ2) is 8.16. The first kappa shape index (κ1) is 15.1. The first-order valence-electron chi connectivity index (χ1n) is 6.33. The Balaban J connectivity index is 2.41. The Morgan fingerprint density at radius 3 is 2.89 bits per heavy atom. The molecule has 1 aromatic carbocycles. The van der Waals surface area contributed by atoms with Crippen molar-refractivity contribution in [2.75, 3.05) is 25.1 Å². The van der Waals surface area contributed by atoms with Crippen LogP contribution in [0.2, 0.25) is 0 Å². The van der Waals surface area contributed by atoms with Crippen molar-refractivity contribution in [3.05, 3.63) is 35.4 Å². The molecule has 3 nitrogen and oxygen atoms in total. The Morgan fingerprint density at radius 1 is 1.44 bits per heavy atom. The van der Waals surface area contributed by atoms with Gasteiger partial charge < -0.3 is 10.6 Å². The number of benzene rings is 1. The van der Waals surface area contributed by atoms with Gasteiger partial charge in [-0.1, -0.05) is 25.1 Å². The number of nitrogen functional groups attached to an aromatic ring is 1. The number of nitrogens with one attached hydrogen (secondary N) is 1. The van der Waals surface area contributed by atoms with Crippen LogP contribution >= 0.6 is 11.8 Å². The summed E-state index contributed by atoms with van der Waals surface area (Å²) in [7, 11) is 2.14. The Kier molecular flexibility index (Phi) is 6.83. The summed E-state index contributed by atoms with van der Waals surface area (Å²) in [6.07, 6.45) is 1.22. The van der Waals surface area contributed by atoms with E-state index < -0.39 is 0 Å². The minimum Gasteiger partial charge on any atom is -0.384 e. The molecule has 0 atom stereocenters. The summed E-state index contributed by atoms with van der Waals surface area (Å²) in [6.45, 7) is 4.22. The third-order valence-electron chi connectivity index (χ3n) is 2.72. The van der Waals surface area contributed by atoms with E-state index in [1.54, 1.807) is 0 Å². The average molecular weight is 265 g/mol. The number of nitrogens with two attached hydrogens (primary N) is 1. The number of nitrogens with zero attached hydrogens (tertiary/aromatic N) is 1. The van der Waals surface area contributed by atoms with E-state index in [1.165, 1.54) is 23.5 Å². The molecule has 1 aromatic rings. The zero-order valence-electron chi connectivity index (χ0n) is 11.3. The highest BCUT2D eigenvalue weighted by Gasteiger charge is 2.02. The lowest BCUT2D eigenvalue weighted by atomic mass is 10.1. The highest BCUT2D eigenvalue weighted by molar-refractivity contribution is 7.99. The highest BCUT2D eigenvalue weighted by atomic mass is 32.2. The fourth-order valence-corrected chi connectivity index (χ4v) is 2.43. The van der Waals surface area contributed by atoms with Gasteiger partial charge in [0.1, 0.15) is 5.84 Å². The van der Waals surface area contributed by atoms with E-state index in [9.17, 15) is 0 Å². The molecule has 18 heavy (non-hydrogen) atoms. The topological polar surface area (TPSA) is 53.1 Å². The van der Waals surface area contributed by atoms with E-state index in [0.29, 0.717) is 0 Å². The summed E-state index contributed by atoms with van der Waals surface area (Å²) in [6, 6.07) is 7.93. The van der Waals surface area contributed by atoms with Crippen LogP contribution < -0.4 is 5.73 Å². The number of hydrogen-bond acceptors (Lipinski definition) is 3. The lowest BCUT2D eigenvalue weighted by molar-refractivity contribution is 0.328. The Hall–Kier alpha value is -1.00. The van der Waals surface area contributed by atoms with E-state index in [4.69, 9.17) is 11.1 Å². The van der Waals surface area contributed by atoms with Gasteiger partial charge in [0.05, 0.1) is 0 Å². The van der Waals surface area contributed by atoms with Crippen LogP contribution in [0.1, 0.15) is 24.5 Å². The lowest BCUT2D eigenvalue weighted by Crippen LogP contribution is -2.20. The van der Waals surface area contributed by atoms with Crippen molar-refractivity contribution in [1.82, 2.24) is 4.90 Å². The van der Waals surface area contributed by atoms with Gasteiger partial charge >= 0.3 is 0 Å². The zero-order valence-corrected chi connectivity index (χ0v) is 12.1. The lowest BCUT2D eigenvalue weighted by Gasteiger charge is -2.16. The van der Waals surface area contributed by atoms with E-state index in [1.807, 2.05) is 30.0 Å². The van der Waals surface area contributed by atoms with Gasteiger partial charge in [-0.3, -0.25) is 5.41 Å². The van der Waals surface area contributed by atoms with Crippen molar-refractivity contribution >= 4 is 17.6 Å². The molecule has 0 radical (unpaired) electrons.